The van der Waals surface area contributed by atoms with Gasteiger partial charge in [0, 0.05) is 13.1 Å². The van der Waals surface area contributed by atoms with Crippen molar-refractivity contribution in [3.8, 4) is 0 Å². The predicted molar refractivity (Wildman–Crippen MR) is 64.0 cm³/mol. The molecule has 0 aromatic carbocycles. The van der Waals surface area contributed by atoms with Gasteiger partial charge in [-0.05, 0) is 44.2 Å². The first-order valence-corrected chi connectivity index (χ1v) is 5.67. The van der Waals surface area contributed by atoms with Gasteiger partial charge in [0.1, 0.15) is 5.82 Å². The van der Waals surface area contributed by atoms with Crippen LogP contribution in [0.5, 0.6) is 0 Å². The van der Waals surface area contributed by atoms with Gasteiger partial charge in [0.25, 0.3) is 0 Å². The zero-order valence-corrected chi connectivity index (χ0v) is 9.53. The van der Waals surface area contributed by atoms with Crippen molar-refractivity contribution in [2.24, 2.45) is 5.92 Å². The smallest absolute Gasteiger partial charge is 0.128 e. The zero-order valence-electron chi connectivity index (χ0n) is 9.53. The molecular formula is C12H19N3. The predicted octanol–water partition coefficient (Wildman–Crippen LogP) is 2.21. The Hall–Kier alpha value is -1.25. The van der Waals surface area contributed by atoms with E-state index < -0.39 is 0 Å². The van der Waals surface area contributed by atoms with Gasteiger partial charge in [0.05, 0.1) is 11.9 Å². The van der Waals surface area contributed by atoms with E-state index in [1.54, 1.807) is 6.20 Å². The van der Waals surface area contributed by atoms with Crippen LogP contribution in [-0.2, 0) is 0 Å². The van der Waals surface area contributed by atoms with Gasteiger partial charge < -0.3 is 10.6 Å². The Morgan fingerprint density at radius 2 is 2.27 bits per heavy atom. The third-order valence-electron chi connectivity index (χ3n) is 3.02. The normalized spacial score (nSPS) is 15.3. The number of nitrogens with zero attached hydrogens (tertiary/aromatic N) is 2. The van der Waals surface area contributed by atoms with Crippen molar-refractivity contribution < 1.29 is 0 Å². The molecule has 2 rings (SSSR count). The maximum atomic E-state index is 5.76. The molecule has 1 fully saturated rings. The van der Waals surface area contributed by atoms with Crippen molar-refractivity contribution >= 4 is 11.5 Å². The number of aryl methyl sites for hydroxylation is 1. The lowest BCUT2D eigenvalue weighted by atomic mass is 10.2. The Balaban J connectivity index is 2.13. The fourth-order valence-corrected chi connectivity index (χ4v) is 1.72. The molecule has 0 bridgehead atoms. The largest absolute Gasteiger partial charge is 0.397 e. The average Bonchev–Trinajstić information content (AvgIpc) is 3.02. The molecule has 1 aromatic heterocycles. The fraction of sp³-hybridized carbons (Fsp3) is 0.583. The number of anilines is 2. The van der Waals surface area contributed by atoms with Crippen LogP contribution in [0.1, 0.15) is 25.3 Å². The maximum Gasteiger partial charge on any atom is 0.128 e. The summed E-state index contributed by atoms with van der Waals surface area (Å²) in [6.45, 7) is 6.38. The molecule has 1 heterocycles. The second-order valence-electron chi connectivity index (χ2n) is 4.38. The second kappa shape index (κ2) is 4.09. The highest BCUT2D eigenvalue weighted by atomic mass is 15.2. The monoisotopic (exact) mass is 205 g/mol. The summed E-state index contributed by atoms with van der Waals surface area (Å²) >= 11 is 0. The third kappa shape index (κ3) is 2.41. The van der Waals surface area contributed by atoms with E-state index in [-0.39, 0.29) is 0 Å². The molecule has 82 valence electrons. The number of aromatic nitrogens is 1. The van der Waals surface area contributed by atoms with Crippen molar-refractivity contribution in [1.82, 2.24) is 4.98 Å². The first-order valence-electron chi connectivity index (χ1n) is 5.67. The van der Waals surface area contributed by atoms with Gasteiger partial charge in [-0.3, -0.25) is 0 Å². The highest BCUT2D eigenvalue weighted by Gasteiger charge is 2.24. The van der Waals surface area contributed by atoms with Gasteiger partial charge in [-0.25, -0.2) is 4.98 Å². The van der Waals surface area contributed by atoms with Gasteiger partial charge in [-0.1, -0.05) is 0 Å². The molecule has 15 heavy (non-hydrogen) atoms. The summed E-state index contributed by atoms with van der Waals surface area (Å²) in [6.07, 6.45) is 4.52. The van der Waals surface area contributed by atoms with Crippen molar-refractivity contribution in [3.63, 3.8) is 0 Å². The highest BCUT2D eigenvalue weighted by Crippen LogP contribution is 2.31. The average molecular weight is 205 g/mol. The van der Waals surface area contributed by atoms with Crippen LogP contribution in [0.4, 0.5) is 11.5 Å². The first kappa shape index (κ1) is 10.3. The van der Waals surface area contributed by atoms with Crippen molar-refractivity contribution in [3.05, 3.63) is 17.8 Å². The Labute approximate surface area is 91.3 Å². The molecule has 2 N–H and O–H groups in total. The van der Waals surface area contributed by atoms with Gasteiger partial charge in [-0.2, -0.15) is 0 Å². The van der Waals surface area contributed by atoms with Crippen LogP contribution in [0.15, 0.2) is 12.3 Å². The van der Waals surface area contributed by atoms with E-state index >= 15 is 0 Å². The van der Waals surface area contributed by atoms with Gasteiger partial charge in [-0.15, -0.1) is 0 Å². The van der Waals surface area contributed by atoms with Crippen LogP contribution < -0.4 is 10.6 Å². The minimum Gasteiger partial charge on any atom is -0.397 e. The molecule has 3 nitrogen and oxygen atoms in total. The quantitative estimate of drug-likeness (QED) is 0.819. The van der Waals surface area contributed by atoms with Crippen molar-refractivity contribution in [2.45, 2.75) is 26.7 Å². The summed E-state index contributed by atoms with van der Waals surface area (Å²) in [5.74, 6) is 1.96. The Morgan fingerprint density at radius 3 is 2.80 bits per heavy atom. The molecular weight excluding hydrogens is 186 g/mol. The van der Waals surface area contributed by atoms with Crippen LogP contribution in [-0.4, -0.2) is 18.1 Å². The third-order valence-corrected chi connectivity index (χ3v) is 3.02. The highest BCUT2D eigenvalue weighted by molar-refractivity contribution is 5.52. The Kier molecular flexibility index (Phi) is 2.80. The summed E-state index contributed by atoms with van der Waals surface area (Å²) < 4.78 is 0. The van der Waals surface area contributed by atoms with Crippen LogP contribution in [0.25, 0.3) is 0 Å². The summed E-state index contributed by atoms with van der Waals surface area (Å²) in [5.41, 5.74) is 7.66. The number of nitrogens with two attached hydrogens (primary N) is 1. The number of hydrogen-bond acceptors (Lipinski definition) is 3. The molecule has 1 aliphatic rings. The molecule has 1 aromatic rings. The molecule has 0 amide bonds. The van der Waals surface area contributed by atoms with Gasteiger partial charge in [0.2, 0.25) is 0 Å². The van der Waals surface area contributed by atoms with Gasteiger partial charge >= 0.3 is 0 Å². The van der Waals surface area contributed by atoms with E-state index in [1.807, 2.05) is 6.92 Å². The van der Waals surface area contributed by atoms with E-state index in [2.05, 4.69) is 22.9 Å². The lowest BCUT2D eigenvalue weighted by molar-refractivity contribution is 0.732. The second-order valence-corrected chi connectivity index (χ2v) is 4.38. The molecule has 1 aliphatic carbocycles. The standard InChI is InChI=1S/C12H19N3/c1-3-15(8-10-4-5-10)12-6-9(2)11(13)7-14-12/h6-7,10H,3-5,8,13H2,1-2H3. The molecule has 0 aliphatic heterocycles. The molecule has 0 atom stereocenters. The molecule has 0 spiro atoms. The molecule has 0 saturated heterocycles. The van der Waals surface area contributed by atoms with E-state index in [0.29, 0.717) is 0 Å². The van der Waals surface area contributed by atoms with Crippen LogP contribution in [0.3, 0.4) is 0 Å². The summed E-state index contributed by atoms with van der Waals surface area (Å²) in [5, 5.41) is 0. The zero-order chi connectivity index (χ0) is 10.8. The maximum absolute atomic E-state index is 5.76. The van der Waals surface area contributed by atoms with E-state index in [4.69, 9.17) is 5.73 Å². The van der Waals surface area contributed by atoms with Crippen molar-refractivity contribution in [2.75, 3.05) is 23.7 Å². The van der Waals surface area contributed by atoms with Crippen LogP contribution in [0.2, 0.25) is 0 Å². The number of hydrogen-bond donors (Lipinski definition) is 1. The fourth-order valence-electron chi connectivity index (χ4n) is 1.72. The number of rotatable bonds is 4. The summed E-state index contributed by atoms with van der Waals surface area (Å²) in [4.78, 5) is 6.73. The Morgan fingerprint density at radius 1 is 1.53 bits per heavy atom. The molecule has 0 radical (unpaired) electrons. The van der Waals surface area contributed by atoms with E-state index in [0.717, 1.165) is 36.1 Å². The van der Waals surface area contributed by atoms with E-state index in [9.17, 15) is 0 Å². The Bertz CT molecular complexity index is 345. The summed E-state index contributed by atoms with van der Waals surface area (Å²) in [6, 6.07) is 2.08. The minimum absolute atomic E-state index is 0.779. The van der Waals surface area contributed by atoms with Crippen LogP contribution in [0, 0.1) is 12.8 Å². The SMILES string of the molecule is CCN(CC1CC1)c1cc(C)c(N)cn1. The molecule has 0 unspecified atom stereocenters. The molecule has 3 heteroatoms. The molecule has 1 saturated carbocycles. The van der Waals surface area contributed by atoms with Crippen LogP contribution >= 0.6 is 0 Å². The number of pyridine rings is 1. The lowest BCUT2D eigenvalue weighted by Crippen LogP contribution is -2.26. The number of nitrogen functional groups attached to an aromatic ring is 1. The minimum atomic E-state index is 0.779. The summed E-state index contributed by atoms with van der Waals surface area (Å²) in [7, 11) is 0. The first-order chi connectivity index (χ1) is 7.20. The topological polar surface area (TPSA) is 42.1 Å². The van der Waals surface area contributed by atoms with Gasteiger partial charge in [0.15, 0.2) is 0 Å². The van der Waals surface area contributed by atoms with Crippen molar-refractivity contribution in [1.29, 1.82) is 0 Å². The van der Waals surface area contributed by atoms with E-state index in [1.165, 1.54) is 12.8 Å². The lowest BCUT2D eigenvalue weighted by Gasteiger charge is -2.22.